The number of halogens is 1. The second-order valence-corrected chi connectivity index (χ2v) is 5.38. The van der Waals surface area contributed by atoms with Gasteiger partial charge in [-0.1, -0.05) is 38.4 Å². The number of nitrogens with zero attached hydrogens (tertiary/aromatic N) is 1. The molecule has 0 spiro atoms. The molecular formula is C11H20ClN. The topological polar surface area (TPSA) is 3.24 Å². The molecule has 0 aromatic rings. The van der Waals surface area contributed by atoms with Crippen molar-refractivity contribution in [2.45, 2.75) is 33.1 Å². The molecule has 76 valence electrons. The van der Waals surface area contributed by atoms with E-state index >= 15 is 0 Å². The van der Waals surface area contributed by atoms with E-state index in [1.807, 2.05) is 0 Å². The lowest BCUT2D eigenvalue weighted by Gasteiger charge is -2.29. The van der Waals surface area contributed by atoms with Crippen molar-refractivity contribution < 1.29 is 0 Å². The highest BCUT2D eigenvalue weighted by molar-refractivity contribution is 6.29. The molecule has 0 radical (unpaired) electrons. The molecule has 1 rings (SSSR count). The summed E-state index contributed by atoms with van der Waals surface area (Å²) in [4.78, 5) is 2.42. The van der Waals surface area contributed by atoms with Gasteiger partial charge in [-0.15, -0.1) is 0 Å². The average molecular weight is 202 g/mol. The van der Waals surface area contributed by atoms with Gasteiger partial charge in [-0.25, -0.2) is 0 Å². The van der Waals surface area contributed by atoms with Gasteiger partial charge in [0.05, 0.1) is 0 Å². The molecule has 1 heterocycles. The molecule has 0 aromatic heterocycles. The lowest BCUT2D eigenvalue weighted by atomic mass is 9.88. The zero-order chi connectivity index (χ0) is 9.90. The molecule has 0 unspecified atom stereocenters. The van der Waals surface area contributed by atoms with Crippen molar-refractivity contribution in [1.29, 1.82) is 0 Å². The first-order valence-electron chi connectivity index (χ1n) is 5.05. The summed E-state index contributed by atoms with van der Waals surface area (Å²) in [7, 11) is 0. The number of hydrogen-bond donors (Lipinski definition) is 0. The molecule has 0 aliphatic carbocycles. The fourth-order valence-electron chi connectivity index (χ4n) is 2.08. The van der Waals surface area contributed by atoms with Crippen LogP contribution in [0.1, 0.15) is 33.1 Å². The van der Waals surface area contributed by atoms with E-state index in [2.05, 4.69) is 25.3 Å². The highest BCUT2D eigenvalue weighted by atomic mass is 35.5. The van der Waals surface area contributed by atoms with Crippen LogP contribution in [0.5, 0.6) is 0 Å². The zero-order valence-electron chi connectivity index (χ0n) is 8.77. The molecular weight excluding hydrogens is 182 g/mol. The number of hydrogen-bond acceptors (Lipinski definition) is 1. The normalized spacial score (nSPS) is 23.9. The van der Waals surface area contributed by atoms with Gasteiger partial charge in [0.2, 0.25) is 0 Å². The molecule has 2 heteroatoms. The van der Waals surface area contributed by atoms with Gasteiger partial charge in [-0.05, 0) is 24.8 Å². The standard InChI is InChI=1S/C11H20ClN/c1-10(12)8-13-7-5-4-6-11(2,3)9-13/h1,4-9H2,2-3H3. The van der Waals surface area contributed by atoms with E-state index < -0.39 is 0 Å². The first kappa shape index (κ1) is 11.1. The largest absolute Gasteiger partial charge is 0.298 e. The lowest BCUT2D eigenvalue weighted by Crippen LogP contribution is -2.33. The summed E-state index contributed by atoms with van der Waals surface area (Å²) < 4.78 is 0. The quantitative estimate of drug-likeness (QED) is 0.663. The summed E-state index contributed by atoms with van der Waals surface area (Å²) in [6.07, 6.45) is 3.98. The Morgan fingerprint density at radius 2 is 2.15 bits per heavy atom. The Labute approximate surface area is 86.8 Å². The highest BCUT2D eigenvalue weighted by Gasteiger charge is 2.24. The van der Waals surface area contributed by atoms with E-state index in [1.54, 1.807) is 0 Å². The van der Waals surface area contributed by atoms with Crippen molar-refractivity contribution in [3.63, 3.8) is 0 Å². The van der Waals surface area contributed by atoms with Crippen LogP contribution in [-0.4, -0.2) is 24.5 Å². The summed E-state index contributed by atoms with van der Waals surface area (Å²) >= 11 is 5.82. The number of rotatable bonds is 2. The smallest absolute Gasteiger partial charge is 0.0335 e. The van der Waals surface area contributed by atoms with Gasteiger partial charge in [0.1, 0.15) is 0 Å². The van der Waals surface area contributed by atoms with Crippen LogP contribution in [0.2, 0.25) is 0 Å². The van der Waals surface area contributed by atoms with Gasteiger partial charge in [0.25, 0.3) is 0 Å². The van der Waals surface area contributed by atoms with Crippen LogP contribution in [0.3, 0.4) is 0 Å². The molecule has 0 atom stereocenters. The number of likely N-dealkylation sites (tertiary alicyclic amines) is 1. The van der Waals surface area contributed by atoms with E-state index in [4.69, 9.17) is 11.6 Å². The molecule has 0 N–H and O–H groups in total. The van der Waals surface area contributed by atoms with Crippen LogP contribution in [0.25, 0.3) is 0 Å². The van der Waals surface area contributed by atoms with Crippen LogP contribution in [0.4, 0.5) is 0 Å². The Kier molecular flexibility index (Phi) is 3.81. The second-order valence-electron chi connectivity index (χ2n) is 4.85. The molecule has 1 aliphatic heterocycles. The van der Waals surface area contributed by atoms with Gasteiger partial charge >= 0.3 is 0 Å². The maximum absolute atomic E-state index is 5.82. The van der Waals surface area contributed by atoms with E-state index in [1.165, 1.54) is 25.8 Å². The molecule has 0 saturated carbocycles. The molecule has 1 saturated heterocycles. The monoisotopic (exact) mass is 201 g/mol. The molecule has 13 heavy (non-hydrogen) atoms. The van der Waals surface area contributed by atoms with Gasteiger partial charge in [-0.2, -0.15) is 0 Å². The van der Waals surface area contributed by atoms with Gasteiger partial charge in [0.15, 0.2) is 0 Å². The van der Waals surface area contributed by atoms with E-state index in [0.717, 1.165) is 18.1 Å². The molecule has 1 aliphatic rings. The zero-order valence-corrected chi connectivity index (χ0v) is 9.53. The van der Waals surface area contributed by atoms with Gasteiger partial charge in [0, 0.05) is 18.1 Å². The van der Waals surface area contributed by atoms with Crippen LogP contribution >= 0.6 is 11.6 Å². The molecule has 0 amide bonds. The molecule has 1 fully saturated rings. The van der Waals surface area contributed by atoms with Gasteiger partial charge in [-0.3, -0.25) is 4.90 Å². The molecule has 0 bridgehead atoms. The highest BCUT2D eigenvalue weighted by Crippen LogP contribution is 2.28. The van der Waals surface area contributed by atoms with Crippen LogP contribution in [-0.2, 0) is 0 Å². The SMILES string of the molecule is C=C(Cl)CN1CCCCC(C)(C)C1. The fraction of sp³-hybridized carbons (Fsp3) is 0.818. The summed E-state index contributed by atoms with van der Waals surface area (Å²) in [5.41, 5.74) is 0.447. The Balaban J connectivity index is 2.49. The maximum atomic E-state index is 5.82. The first-order valence-corrected chi connectivity index (χ1v) is 5.43. The predicted octanol–water partition coefficient (Wildman–Crippen LogP) is 3.25. The second kappa shape index (κ2) is 4.47. The Bertz CT molecular complexity index is 187. The third kappa shape index (κ3) is 4.15. The van der Waals surface area contributed by atoms with E-state index in [9.17, 15) is 0 Å². The summed E-state index contributed by atoms with van der Waals surface area (Å²) in [6.45, 7) is 11.6. The maximum Gasteiger partial charge on any atom is 0.0335 e. The van der Waals surface area contributed by atoms with E-state index in [-0.39, 0.29) is 0 Å². The Morgan fingerprint density at radius 3 is 2.77 bits per heavy atom. The van der Waals surface area contributed by atoms with Crippen molar-refractivity contribution in [2.24, 2.45) is 5.41 Å². The minimum Gasteiger partial charge on any atom is -0.298 e. The third-order valence-electron chi connectivity index (χ3n) is 2.62. The fourth-order valence-corrected chi connectivity index (χ4v) is 2.25. The molecule has 1 nitrogen and oxygen atoms in total. The van der Waals surface area contributed by atoms with Crippen molar-refractivity contribution in [3.8, 4) is 0 Å². The van der Waals surface area contributed by atoms with Crippen molar-refractivity contribution in [3.05, 3.63) is 11.6 Å². The van der Waals surface area contributed by atoms with Crippen LogP contribution < -0.4 is 0 Å². The summed E-state index contributed by atoms with van der Waals surface area (Å²) in [5.74, 6) is 0. The first-order chi connectivity index (χ1) is 5.99. The summed E-state index contributed by atoms with van der Waals surface area (Å²) in [6, 6.07) is 0. The van der Waals surface area contributed by atoms with E-state index in [0.29, 0.717) is 5.41 Å². The Morgan fingerprint density at radius 1 is 1.46 bits per heavy atom. The predicted molar refractivity (Wildman–Crippen MR) is 59.1 cm³/mol. The van der Waals surface area contributed by atoms with Crippen molar-refractivity contribution in [1.82, 2.24) is 4.90 Å². The minimum absolute atomic E-state index is 0.447. The van der Waals surface area contributed by atoms with Crippen LogP contribution in [0, 0.1) is 5.41 Å². The summed E-state index contributed by atoms with van der Waals surface area (Å²) in [5, 5.41) is 0.762. The lowest BCUT2D eigenvalue weighted by molar-refractivity contribution is 0.210. The van der Waals surface area contributed by atoms with Crippen LogP contribution in [0.15, 0.2) is 11.6 Å². The molecule has 0 aromatic carbocycles. The van der Waals surface area contributed by atoms with Gasteiger partial charge < -0.3 is 0 Å². The van der Waals surface area contributed by atoms with Crippen molar-refractivity contribution in [2.75, 3.05) is 19.6 Å². The minimum atomic E-state index is 0.447. The third-order valence-corrected chi connectivity index (χ3v) is 2.74. The average Bonchev–Trinajstić information content (AvgIpc) is 2.09. The van der Waals surface area contributed by atoms with Crippen molar-refractivity contribution >= 4 is 11.6 Å². The Hall–Kier alpha value is -0.0100.